The summed E-state index contributed by atoms with van der Waals surface area (Å²) in [4.78, 5) is 16.8. The molecule has 0 unspecified atom stereocenters. The van der Waals surface area contributed by atoms with Gasteiger partial charge in [0.05, 0.1) is 15.8 Å². The van der Waals surface area contributed by atoms with Gasteiger partial charge in [0.1, 0.15) is 11.6 Å². The number of hydrogen-bond donors (Lipinski definition) is 2. The Hall–Kier alpha value is -2.54. The van der Waals surface area contributed by atoms with Crippen molar-refractivity contribution >= 4 is 32.6 Å². The van der Waals surface area contributed by atoms with E-state index in [1.165, 1.54) is 35.6 Å². The van der Waals surface area contributed by atoms with Gasteiger partial charge in [0.25, 0.3) is 5.91 Å². The van der Waals surface area contributed by atoms with E-state index in [9.17, 15) is 13.6 Å². The van der Waals surface area contributed by atoms with Crippen LogP contribution in [0.4, 0.5) is 13.9 Å². The smallest absolute Gasteiger partial charge is 0.254 e. The average Bonchev–Trinajstić information content (AvgIpc) is 3.21. The third kappa shape index (κ3) is 3.39. The van der Waals surface area contributed by atoms with Crippen molar-refractivity contribution in [3.8, 4) is 0 Å². The van der Waals surface area contributed by atoms with Crippen LogP contribution in [-0.4, -0.2) is 23.0 Å². The van der Waals surface area contributed by atoms with E-state index < -0.39 is 11.7 Å². The lowest BCUT2D eigenvalue weighted by Crippen LogP contribution is -2.43. The van der Waals surface area contributed by atoms with Crippen molar-refractivity contribution in [1.82, 2.24) is 10.3 Å². The molecule has 0 aliphatic heterocycles. The molecule has 3 aromatic rings. The van der Waals surface area contributed by atoms with Crippen LogP contribution in [0.15, 0.2) is 42.5 Å². The van der Waals surface area contributed by atoms with Gasteiger partial charge in [0, 0.05) is 12.1 Å². The number of nitrogens with one attached hydrogen (secondary N) is 2. The molecule has 4 rings (SSSR count). The predicted octanol–water partition coefficient (Wildman–Crippen LogP) is 4.34. The van der Waals surface area contributed by atoms with E-state index in [4.69, 9.17) is 0 Å². The number of amides is 1. The quantitative estimate of drug-likeness (QED) is 0.715. The van der Waals surface area contributed by atoms with Crippen molar-refractivity contribution in [1.29, 1.82) is 0 Å². The first-order valence-electron chi connectivity index (χ1n) is 8.48. The van der Waals surface area contributed by atoms with Crippen LogP contribution < -0.4 is 10.6 Å². The Morgan fingerprint density at radius 3 is 2.77 bits per heavy atom. The Bertz CT molecular complexity index is 959. The maximum Gasteiger partial charge on any atom is 0.254 e. The number of aromatic nitrogens is 1. The van der Waals surface area contributed by atoms with E-state index in [-0.39, 0.29) is 23.5 Å². The van der Waals surface area contributed by atoms with E-state index in [0.717, 1.165) is 29.5 Å². The van der Waals surface area contributed by atoms with Crippen molar-refractivity contribution in [2.24, 2.45) is 0 Å². The third-order valence-electron chi connectivity index (χ3n) is 4.61. The Morgan fingerprint density at radius 1 is 1.12 bits per heavy atom. The molecule has 1 amide bonds. The summed E-state index contributed by atoms with van der Waals surface area (Å²) in [5, 5.41) is 6.97. The second-order valence-corrected chi connectivity index (χ2v) is 7.40. The molecule has 1 aliphatic carbocycles. The number of halogens is 2. The summed E-state index contributed by atoms with van der Waals surface area (Å²) in [7, 11) is 0. The van der Waals surface area contributed by atoms with Crippen LogP contribution in [0.3, 0.4) is 0 Å². The summed E-state index contributed by atoms with van der Waals surface area (Å²) in [6.45, 7) is 0. The minimum Gasteiger partial charge on any atom is -0.357 e. The van der Waals surface area contributed by atoms with Crippen LogP contribution in [0.25, 0.3) is 10.2 Å². The van der Waals surface area contributed by atoms with Crippen molar-refractivity contribution in [2.75, 3.05) is 5.32 Å². The minimum atomic E-state index is -0.527. The zero-order chi connectivity index (χ0) is 18.1. The first-order valence-corrected chi connectivity index (χ1v) is 9.30. The maximum absolute atomic E-state index is 13.8. The number of rotatable bonds is 4. The second-order valence-electron chi connectivity index (χ2n) is 6.37. The average molecular weight is 373 g/mol. The first kappa shape index (κ1) is 16.9. The molecule has 134 valence electrons. The van der Waals surface area contributed by atoms with Crippen LogP contribution in [-0.2, 0) is 0 Å². The molecule has 1 saturated carbocycles. The van der Waals surface area contributed by atoms with Crippen LogP contribution in [0.2, 0.25) is 0 Å². The monoisotopic (exact) mass is 373 g/mol. The molecular weight excluding hydrogens is 356 g/mol. The molecule has 7 heteroatoms. The number of thiazole rings is 1. The summed E-state index contributed by atoms with van der Waals surface area (Å²) in [6.07, 6.45) is 2.66. The lowest BCUT2D eigenvalue weighted by atomic mass is 10.1. The molecular formula is C19H17F2N3OS. The van der Waals surface area contributed by atoms with Gasteiger partial charge in [-0.1, -0.05) is 23.5 Å². The van der Waals surface area contributed by atoms with Gasteiger partial charge in [-0.2, -0.15) is 0 Å². The highest BCUT2D eigenvalue weighted by atomic mass is 32.1. The highest BCUT2D eigenvalue weighted by Gasteiger charge is 2.30. The van der Waals surface area contributed by atoms with Gasteiger partial charge < -0.3 is 10.6 Å². The lowest BCUT2D eigenvalue weighted by Gasteiger charge is -2.22. The second kappa shape index (κ2) is 6.99. The van der Waals surface area contributed by atoms with Crippen molar-refractivity contribution in [3.63, 3.8) is 0 Å². The molecule has 1 fully saturated rings. The third-order valence-corrected chi connectivity index (χ3v) is 5.56. The normalized spacial score (nSPS) is 19.6. The van der Waals surface area contributed by atoms with Gasteiger partial charge in [-0.15, -0.1) is 0 Å². The Balaban J connectivity index is 1.47. The standard InChI is InChI=1S/C19H17F2N3OS/c20-11-8-9-16-17(10-11)26-19(24-16)23-15-7-3-6-14(15)22-18(25)12-4-1-2-5-13(12)21/h1-2,4-5,8-10,14-15H,3,6-7H2,(H,22,25)(H,23,24)/t14-,15+/m0/s1. The number of carbonyl (C=O) groups excluding carboxylic acids is 1. The zero-order valence-corrected chi connectivity index (χ0v) is 14.7. The molecule has 0 radical (unpaired) electrons. The first-order chi connectivity index (χ1) is 12.6. The summed E-state index contributed by atoms with van der Waals surface area (Å²) < 4.78 is 27.9. The summed E-state index contributed by atoms with van der Waals surface area (Å²) in [5.74, 6) is -1.22. The Labute approximate surface area is 153 Å². The fourth-order valence-electron chi connectivity index (χ4n) is 3.32. The number of anilines is 1. The number of nitrogens with zero attached hydrogens (tertiary/aromatic N) is 1. The summed E-state index contributed by atoms with van der Waals surface area (Å²) >= 11 is 1.38. The minimum absolute atomic E-state index is 0.0103. The number of hydrogen-bond acceptors (Lipinski definition) is 4. The SMILES string of the molecule is O=C(N[C@H]1CCC[C@H]1Nc1nc2ccc(F)cc2s1)c1ccccc1F. The van der Waals surface area contributed by atoms with E-state index in [0.29, 0.717) is 5.13 Å². The Morgan fingerprint density at radius 2 is 1.92 bits per heavy atom. The summed E-state index contributed by atoms with van der Waals surface area (Å²) in [6, 6.07) is 10.4. The highest BCUT2D eigenvalue weighted by Crippen LogP contribution is 2.30. The van der Waals surface area contributed by atoms with Gasteiger partial charge in [-0.05, 0) is 49.6 Å². The molecule has 1 aromatic heterocycles. The number of carbonyl (C=O) groups is 1. The molecule has 2 atom stereocenters. The van der Waals surface area contributed by atoms with Gasteiger partial charge in [0.15, 0.2) is 5.13 Å². The lowest BCUT2D eigenvalue weighted by molar-refractivity contribution is 0.0932. The van der Waals surface area contributed by atoms with Crippen molar-refractivity contribution in [3.05, 3.63) is 59.7 Å². The molecule has 0 bridgehead atoms. The Kier molecular flexibility index (Phi) is 4.55. The topological polar surface area (TPSA) is 54.0 Å². The van der Waals surface area contributed by atoms with E-state index in [1.807, 2.05) is 0 Å². The largest absolute Gasteiger partial charge is 0.357 e. The molecule has 1 heterocycles. The van der Waals surface area contributed by atoms with E-state index in [2.05, 4.69) is 15.6 Å². The van der Waals surface area contributed by atoms with Crippen molar-refractivity contribution < 1.29 is 13.6 Å². The molecule has 2 N–H and O–H groups in total. The van der Waals surface area contributed by atoms with E-state index >= 15 is 0 Å². The molecule has 0 saturated heterocycles. The van der Waals surface area contributed by atoms with Gasteiger partial charge in [-0.3, -0.25) is 4.79 Å². The van der Waals surface area contributed by atoms with Crippen LogP contribution >= 0.6 is 11.3 Å². The molecule has 0 spiro atoms. The van der Waals surface area contributed by atoms with Crippen LogP contribution in [0, 0.1) is 11.6 Å². The molecule has 1 aliphatic rings. The molecule has 26 heavy (non-hydrogen) atoms. The van der Waals surface area contributed by atoms with E-state index in [1.54, 1.807) is 18.2 Å². The van der Waals surface area contributed by atoms with Gasteiger partial charge in [0.2, 0.25) is 0 Å². The maximum atomic E-state index is 13.8. The fraction of sp³-hybridized carbons (Fsp3) is 0.263. The molecule has 4 nitrogen and oxygen atoms in total. The summed E-state index contributed by atoms with van der Waals surface area (Å²) in [5.41, 5.74) is 0.789. The van der Waals surface area contributed by atoms with Crippen molar-refractivity contribution in [2.45, 2.75) is 31.3 Å². The fourth-order valence-corrected chi connectivity index (χ4v) is 4.27. The molecule has 2 aromatic carbocycles. The highest BCUT2D eigenvalue weighted by molar-refractivity contribution is 7.22. The van der Waals surface area contributed by atoms with Crippen LogP contribution in [0.5, 0.6) is 0 Å². The number of benzene rings is 2. The predicted molar refractivity (Wildman–Crippen MR) is 98.5 cm³/mol. The number of fused-ring (bicyclic) bond motifs is 1. The van der Waals surface area contributed by atoms with Gasteiger partial charge in [-0.25, -0.2) is 13.8 Å². The van der Waals surface area contributed by atoms with Gasteiger partial charge >= 0.3 is 0 Å². The van der Waals surface area contributed by atoms with Crippen LogP contribution in [0.1, 0.15) is 29.6 Å². The zero-order valence-electron chi connectivity index (χ0n) is 13.8.